The van der Waals surface area contributed by atoms with E-state index in [4.69, 9.17) is 4.74 Å². The SMILES string of the molecule is Cc1cccc(S(=O)(=O)N2CCOC[C@@H]2[C@H]2CCC[C@H]2O)c1. The van der Waals surface area contributed by atoms with Crippen molar-refractivity contribution in [1.29, 1.82) is 0 Å². The Balaban J connectivity index is 1.92. The van der Waals surface area contributed by atoms with Crippen molar-refractivity contribution in [3.8, 4) is 0 Å². The summed E-state index contributed by atoms with van der Waals surface area (Å²) in [6, 6.07) is 6.72. The van der Waals surface area contributed by atoms with Gasteiger partial charge in [0.2, 0.25) is 10.0 Å². The molecule has 1 N–H and O–H groups in total. The Hall–Kier alpha value is -0.950. The maximum atomic E-state index is 13.0. The van der Waals surface area contributed by atoms with Crippen LogP contribution in [0.3, 0.4) is 0 Å². The molecule has 0 spiro atoms. The maximum Gasteiger partial charge on any atom is 0.243 e. The molecule has 1 heterocycles. The molecule has 5 nitrogen and oxygen atoms in total. The molecule has 0 bridgehead atoms. The van der Waals surface area contributed by atoms with Crippen LogP contribution in [0.2, 0.25) is 0 Å². The predicted molar refractivity (Wildman–Crippen MR) is 83.0 cm³/mol. The second-order valence-corrected chi connectivity index (χ2v) is 8.13. The number of aliphatic hydroxyl groups is 1. The molecular formula is C16H23NO4S. The average Bonchev–Trinajstić information content (AvgIpc) is 2.93. The fraction of sp³-hybridized carbons (Fsp3) is 0.625. The van der Waals surface area contributed by atoms with Crippen molar-refractivity contribution in [2.24, 2.45) is 5.92 Å². The van der Waals surface area contributed by atoms with Gasteiger partial charge in [0, 0.05) is 12.5 Å². The molecule has 1 aliphatic heterocycles. The van der Waals surface area contributed by atoms with Crippen LogP contribution in [0.4, 0.5) is 0 Å². The first-order chi connectivity index (χ1) is 10.5. The van der Waals surface area contributed by atoms with E-state index in [0.717, 1.165) is 24.8 Å². The van der Waals surface area contributed by atoms with Crippen LogP contribution in [0.5, 0.6) is 0 Å². The average molecular weight is 325 g/mol. The lowest BCUT2D eigenvalue weighted by Gasteiger charge is -2.39. The highest BCUT2D eigenvalue weighted by molar-refractivity contribution is 7.89. The molecule has 122 valence electrons. The first kappa shape index (κ1) is 15.9. The van der Waals surface area contributed by atoms with Crippen LogP contribution in [0, 0.1) is 12.8 Å². The third-order valence-electron chi connectivity index (χ3n) is 4.74. The summed E-state index contributed by atoms with van der Waals surface area (Å²) >= 11 is 0. The van der Waals surface area contributed by atoms with Crippen LogP contribution < -0.4 is 0 Å². The number of benzene rings is 1. The number of hydrogen-bond acceptors (Lipinski definition) is 4. The van der Waals surface area contributed by atoms with Gasteiger partial charge in [0.1, 0.15) is 0 Å². The highest BCUT2D eigenvalue weighted by Crippen LogP contribution is 2.34. The van der Waals surface area contributed by atoms with Crippen molar-refractivity contribution in [2.75, 3.05) is 19.8 Å². The molecule has 2 fully saturated rings. The van der Waals surface area contributed by atoms with Gasteiger partial charge in [-0.3, -0.25) is 0 Å². The monoisotopic (exact) mass is 325 g/mol. The zero-order chi connectivity index (χ0) is 15.7. The Kier molecular flexibility index (Phi) is 4.54. The third-order valence-corrected chi connectivity index (χ3v) is 6.66. The van der Waals surface area contributed by atoms with E-state index in [1.165, 1.54) is 0 Å². The molecule has 0 aromatic heterocycles. The molecule has 3 atom stereocenters. The van der Waals surface area contributed by atoms with Gasteiger partial charge in [-0.25, -0.2) is 8.42 Å². The largest absolute Gasteiger partial charge is 0.393 e. The minimum Gasteiger partial charge on any atom is -0.393 e. The summed E-state index contributed by atoms with van der Waals surface area (Å²) in [4.78, 5) is 0.326. The van der Waals surface area contributed by atoms with Crippen LogP contribution in [0.1, 0.15) is 24.8 Å². The quantitative estimate of drug-likeness (QED) is 0.915. The minimum atomic E-state index is -3.55. The highest BCUT2D eigenvalue weighted by atomic mass is 32.2. The molecular weight excluding hydrogens is 302 g/mol. The van der Waals surface area contributed by atoms with E-state index in [-0.39, 0.29) is 12.0 Å². The molecule has 0 unspecified atom stereocenters. The van der Waals surface area contributed by atoms with Crippen molar-refractivity contribution in [3.05, 3.63) is 29.8 Å². The third kappa shape index (κ3) is 2.93. The Morgan fingerprint density at radius 2 is 2.14 bits per heavy atom. The molecule has 1 aromatic carbocycles. The first-order valence-corrected chi connectivity index (χ1v) is 9.28. The van der Waals surface area contributed by atoms with Gasteiger partial charge in [-0.2, -0.15) is 4.31 Å². The Morgan fingerprint density at radius 1 is 1.32 bits per heavy atom. The standard InChI is InChI=1S/C16H23NO4S/c1-12-4-2-5-13(10-12)22(19,20)17-8-9-21-11-15(17)14-6-3-7-16(14)18/h2,4-5,10,14-16,18H,3,6-9,11H2,1H3/t14-,15-,16-/m1/s1. The molecule has 1 aromatic rings. The van der Waals surface area contributed by atoms with E-state index in [0.29, 0.717) is 24.7 Å². The van der Waals surface area contributed by atoms with E-state index in [1.54, 1.807) is 22.5 Å². The van der Waals surface area contributed by atoms with E-state index in [9.17, 15) is 13.5 Å². The molecule has 22 heavy (non-hydrogen) atoms. The number of ether oxygens (including phenoxy) is 1. The summed E-state index contributed by atoms with van der Waals surface area (Å²) in [7, 11) is -3.55. The molecule has 1 saturated heterocycles. The summed E-state index contributed by atoms with van der Waals surface area (Å²) in [5.41, 5.74) is 0.923. The molecule has 6 heteroatoms. The van der Waals surface area contributed by atoms with Gasteiger partial charge in [0.05, 0.1) is 30.3 Å². The summed E-state index contributed by atoms with van der Waals surface area (Å²) in [5, 5.41) is 10.2. The highest BCUT2D eigenvalue weighted by Gasteiger charge is 2.42. The normalized spacial score (nSPS) is 30.5. The zero-order valence-electron chi connectivity index (χ0n) is 12.8. The van der Waals surface area contributed by atoms with E-state index < -0.39 is 16.1 Å². The number of sulfonamides is 1. The molecule has 0 radical (unpaired) electrons. The van der Waals surface area contributed by atoms with Gasteiger partial charge in [0.15, 0.2) is 0 Å². The second kappa shape index (κ2) is 6.28. The van der Waals surface area contributed by atoms with Gasteiger partial charge >= 0.3 is 0 Å². The summed E-state index contributed by atoms with van der Waals surface area (Å²) in [6.45, 7) is 3.01. The molecule has 0 amide bonds. The lowest BCUT2D eigenvalue weighted by atomic mass is 9.96. The molecule has 2 aliphatic rings. The van der Waals surface area contributed by atoms with Crippen LogP contribution in [-0.2, 0) is 14.8 Å². The summed E-state index contributed by atoms with van der Waals surface area (Å²) in [5.74, 6) is -0.0279. The van der Waals surface area contributed by atoms with Gasteiger partial charge in [0.25, 0.3) is 0 Å². The number of rotatable bonds is 3. The minimum absolute atomic E-state index is 0.0279. The summed E-state index contributed by atoms with van der Waals surface area (Å²) in [6.07, 6.45) is 2.12. The van der Waals surface area contributed by atoms with Crippen LogP contribution in [-0.4, -0.2) is 49.7 Å². The number of aliphatic hydroxyl groups excluding tert-OH is 1. The van der Waals surface area contributed by atoms with Gasteiger partial charge in [-0.1, -0.05) is 18.6 Å². The molecule has 3 rings (SSSR count). The second-order valence-electron chi connectivity index (χ2n) is 6.24. The maximum absolute atomic E-state index is 13.0. The topological polar surface area (TPSA) is 66.8 Å². The van der Waals surface area contributed by atoms with E-state index in [1.807, 2.05) is 13.0 Å². The zero-order valence-corrected chi connectivity index (χ0v) is 13.6. The fourth-order valence-electron chi connectivity index (χ4n) is 3.57. The molecule has 1 aliphatic carbocycles. The fourth-order valence-corrected chi connectivity index (χ4v) is 5.32. The van der Waals surface area contributed by atoms with Gasteiger partial charge in [-0.05, 0) is 37.5 Å². The van der Waals surface area contributed by atoms with Crippen molar-refractivity contribution in [1.82, 2.24) is 4.31 Å². The lowest BCUT2D eigenvalue weighted by Crippen LogP contribution is -2.53. The first-order valence-electron chi connectivity index (χ1n) is 7.84. The number of hydrogen-bond donors (Lipinski definition) is 1. The van der Waals surface area contributed by atoms with Crippen LogP contribution >= 0.6 is 0 Å². The smallest absolute Gasteiger partial charge is 0.243 e. The van der Waals surface area contributed by atoms with Gasteiger partial charge < -0.3 is 9.84 Å². The molecule has 1 saturated carbocycles. The van der Waals surface area contributed by atoms with Crippen molar-refractivity contribution in [3.63, 3.8) is 0 Å². The number of nitrogens with zero attached hydrogens (tertiary/aromatic N) is 1. The van der Waals surface area contributed by atoms with Crippen molar-refractivity contribution < 1.29 is 18.3 Å². The Labute approximate surface area is 131 Å². The van der Waals surface area contributed by atoms with E-state index >= 15 is 0 Å². The Bertz CT molecular complexity index is 631. The van der Waals surface area contributed by atoms with Crippen molar-refractivity contribution >= 4 is 10.0 Å². The Morgan fingerprint density at radius 3 is 2.82 bits per heavy atom. The number of aryl methyl sites for hydroxylation is 1. The van der Waals surface area contributed by atoms with Crippen LogP contribution in [0.25, 0.3) is 0 Å². The predicted octanol–water partition coefficient (Wildman–Crippen LogP) is 1.55. The van der Waals surface area contributed by atoms with Crippen molar-refractivity contribution in [2.45, 2.75) is 43.2 Å². The van der Waals surface area contributed by atoms with Crippen LogP contribution in [0.15, 0.2) is 29.2 Å². The van der Waals surface area contributed by atoms with Gasteiger partial charge in [-0.15, -0.1) is 0 Å². The summed E-state index contributed by atoms with van der Waals surface area (Å²) < 4.78 is 33.1. The van der Waals surface area contributed by atoms with E-state index in [2.05, 4.69) is 0 Å². The number of morpholine rings is 1. The lowest BCUT2D eigenvalue weighted by molar-refractivity contribution is -0.0148.